The Bertz CT molecular complexity index is 687. The van der Waals surface area contributed by atoms with Gasteiger partial charge in [-0.3, -0.25) is 0 Å². The Labute approximate surface area is 158 Å². The van der Waals surface area contributed by atoms with Gasteiger partial charge in [0.2, 0.25) is 0 Å². The van der Waals surface area contributed by atoms with E-state index in [1.165, 1.54) is 0 Å². The van der Waals surface area contributed by atoms with Crippen molar-refractivity contribution in [2.75, 3.05) is 14.2 Å². The number of nitrogens with one attached hydrogen (secondary N) is 2. The van der Waals surface area contributed by atoms with Crippen LogP contribution in [0.4, 0.5) is 0 Å². The predicted molar refractivity (Wildman–Crippen MR) is 108 cm³/mol. The van der Waals surface area contributed by atoms with Crippen molar-refractivity contribution in [2.45, 2.75) is 40.5 Å². The van der Waals surface area contributed by atoms with Crippen molar-refractivity contribution in [1.82, 2.24) is 10.6 Å². The molecule has 1 aliphatic carbocycles. The quantitative estimate of drug-likeness (QED) is 0.380. The van der Waals surface area contributed by atoms with Crippen molar-refractivity contribution < 1.29 is 9.47 Å². The van der Waals surface area contributed by atoms with Crippen molar-refractivity contribution in [1.29, 1.82) is 0 Å². The van der Waals surface area contributed by atoms with Gasteiger partial charge in [-0.05, 0) is 31.9 Å². The summed E-state index contributed by atoms with van der Waals surface area (Å²) in [5.74, 6) is 9.19. The average Bonchev–Trinajstić information content (AvgIpc) is 2.63. The molecule has 0 radical (unpaired) electrons. The van der Waals surface area contributed by atoms with Crippen molar-refractivity contribution in [3.8, 4) is 11.8 Å². The molecule has 1 rings (SSSR count). The molecular weight excluding hydrogens is 324 g/mol. The number of methoxy groups -OCH3 is 1. The standard InChI is InChI=1S/C22H32N2O2/c1-9-20(21(25-8)14-17(4)23-7)24-19(6)26-22-16(3)13-11-10-12-15(2)18(22)5/h9,14-15,18,23-24H,4,6,12-13H2,1-3,5,7-8H3/b20-9+,21-14+,22-16+/t15-,18?/m0/s1. The minimum atomic E-state index is 0.277. The summed E-state index contributed by atoms with van der Waals surface area (Å²) in [7, 11) is 3.43. The smallest absolute Gasteiger partial charge is 0.190 e. The Morgan fingerprint density at radius 2 is 1.96 bits per heavy atom. The highest BCUT2D eigenvalue weighted by Crippen LogP contribution is 2.30. The number of allylic oxidation sites excluding steroid dienone is 4. The third-order valence-electron chi connectivity index (χ3n) is 4.50. The highest BCUT2D eigenvalue weighted by Gasteiger charge is 2.22. The van der Waals surface area contributed by atoms with E-state index in [0.717, 1.165) is 35.6 Å². The van der Waals surface area contributed by atoms with Crippen LogP contribution in [0.1, 0.15) is 40.5 Å². The molecule has 0 spiro atoms. The van der Waals surface area contributed by atoms with Crippen LogP contribution < -0.4 is 10.6 Å². The summed E-state index contributed by atoms with van der Waals surface area (Å²) < 4.78 is 11.6. The molecule has 0 aromatic carbocycles. The maximum atomic E-state index is 6.12. The maximum Gasteiger partial charge on any atom is 0.190 e. The van der Waals surface area contributed by atoms with E-state index < -0.39 is 0 Å². The van der Waals surface area contributed by atoms with Crippen molar-refractivity contribution in [2.24, 2.45) is 11.8 Å². The molecule has 2 atom stereocenters. The Morgan fingerprint density at radius 3 is 2.54 bits per heavy atom. The number of rotatable bonds is 8. The minimum Gasteiger partial charge on any atom is -0.495 e. The molecule has 0 aliphatic heterocycles. The normalized spacial score (nSPS) is 23.8. The van der Waals surface area contributed by atoms with Crippen molar-refractivity contribution >= 4 is 0 Å². The second-order valence-corrected chi connectivity index (χ2v) is 6.49. The molecule has 1 unspecified atom stereocenters. The van der Waals surface area contributed by atoms with Gasteiger partial charge in [-0.15, -0.1) is 5.92 Å². The SMILES string of the molecule is C=C(/C=C(OC)\C(=C/C)NC(=C)O/C1=C(\C)CC#CC[C@H](C)C1C)NC. The van der Waals surface area contributed by atoms with Gasteiger partial charge in [0, 0.05) is 37.6 Å². The number of ether oxygens (including phenoxy) is 2. The van der Waals surface area contributed by atoms with Crippen LogP contribution in [0.3, 0.4) is 0 Å². The molecule has 1 aliphatic rings. The van der Waals surface area contributed by atoms with Crippen LogP contribution in [0.2, 0.25) is 0 Å². The first-order valence-electron chi connectivity index (χ1n) is 8.92. The molecule has 0 fully saturated rings. The molecule has 0 amide bonds. The predicted octanol–water partition coefficient (Wildman–Crippen LogP) is 4.57. The van der Waals surface area contributed by atoms with Gasteiger partial charge in [-0.25, -0.2) is 0 Å². The van der Waals surface area contributed by atoms with E-state index in [1.54, 1.807) is 7.11 Å². The van der Waals surface area contributed by atoms with Gasteiger partial charge in [0.05, 0.1) is 12.8 Å². The number of hydrogen-bond donors (Lipinski definition) is 2. The van der Waals surface area contributed by atoms with Gasteiger partial charge < -0.3 is 20.1 Å². The van der Waals surface area contributed by atoms with Gasteiger partial charge in [-0.2, -0.15) is 0 Å². The Morgan fingerprint density at radius 1 is 1.27 bits per heavy atom. The zero-order chi connectivity index (χ0) is 19.7. The second-order valence-electron chi connectivity index (χ2n) is 6.49. The van der Waals surface area contributed by atoms with E-state index in [9.17, 15) is 0 Å². The fourth-order valence-electron chi connectivity index (χ4n) is 2.58. The second kappa shape index (κ2) is 10.5. The summed E-state index contributed by atoms with van der Waals surface area (Å²) in [5, 5.41) is 6.18. The zero-order valence-corrected chi connectivity index (χ0v) is 17.0. The highest BCUT2D eigenvalue weighted by atomic mass is 16.5. The van der Waals surface area contributed by atoms with Crippen LogP contribution in [0, 0.1) is 23.7 Å². The first-order valence-corrected chi connectivity index (χ1v) is 8.92. The largest absolute Gasteiger partial charge is 0.495 e. The van der Waals surface area contributed by atoms with Gasteiger partial charge in [0.15, 0.2) is 5.88 Å². The van der Waals surface area contributed by atoms with Crippen molar-refractivity contribution in [3.05, 3.63) is 59.7 Å². The first kappa shape index (κ1) is 21.5. The van der Waals surface area contributed by atoms with Crippen molar-refractivity contribution in [3.63, 3.8) is 0 Å². The molecule has 0 aromatic rings. The van der Waals surface area contributed by atoms with E-state index >= 15 is 0 Å². The van der Waals surface area contributed by atoms with Crippen LogP contribution >= 0.6 is 0 Å². The zero-order valence-electron chi connectivity index (χ0n) is 17.0. The summed E-state index contributed by atoms with van der Waals surface area (Å²) in [4.78, 5) is 0. The van der Waals surface area contributed by atoms with Crippen LogP contribution in [-0.2, 0) is 9.47 Å². The van der Waals surface area contributed by atoms with Crippen LogP contribution in [0.5, 0.6) is 0 Å². The lowest BCUT2D eigenvalue weighted by Gasteiger charge is -2.26. The Balaban J connectivity index is 2.95. The monoisotopic (exact) mass is 356 g/mol. The van der Waals surface area contributed by atoms with E-state index in [1.807, 2.05) is 26.1 Å². The fraction of sp³-hybridized carbons (Fsp3) is 0.455. The molecule has 2 N–H and O–H groups in total. The average molecular weight is 357 g/mol. The molecule has 0 saturated heterocycles. The lowest BCUT2D eigenvalue weighted by atomic mass is 9.87. The molecule has 4 nitrogen and oxygen atoms in total. The molecule has 142 valence electrons. The van der Waals surface area contributed by atoms with E-state index in [2.05, 4.69) is 56.4 Å². The van der Waals surface area contributed by atoms with Crippen LogP contribution in [-0.4, -0.2) is 14.2 Å². The van der Waals surface area contributed by atoms with Gasteiger partial charge in [-0.1, -0.05) is 32.4 Å². The van der Waals surface area contributed by atoms with E-state index in [4.69, 9.17) is 9.47 Å². The fourth-order valence-corrected chi connectivity index (χ4v) is 2.58. The molecule has 0 saturated carbocycles. The summed E-state index contributed by atoms with van der Waals surface area (Å²) in [6.07, 6.45) is 5.32. The lowest BCUT2D eigenvalue weighted by molar-refractivity contribution is 0.209. The highest BCUT2D eigenvalue weighted by molar-refractivity contribution is 5.32. The molecule has 26 heavy (non-hydrogen) atoms. The van der Waals surface area contributed by atoms with Crippen LogP contribution in [0.25, 0.3) is 0 Å². The topological polar surface area (TPSA) is 42.5 Å². The number of likely N-dealkylation sites (N-methyl/N-ethyl adjacent to an activating group) is 1. The Hall–Kier alpha value is -2.54. The third kappa shape index (κ3) is 6.07. The van der Waals surface area contributed by atoms with E-state index in [-0.39, 0.29) is 5.92 Å². The molecule has 0 bridgehead atoms. The molecular formula is C22H32N2O2. The maximum absolute atomic E-state index is 6.12. The molecule has 4 heteroatoms. The van der Waals surface area contributed by atoms with Gasteiger partial charge in [0.1, 0.15) is 11.5 Å². The number of hydrogen-bond acceptors (Lipinski definition) is 4. The minimum absolute atomic E-state index is 0.277. The molecule has 0 heterocycles. The van der Waals surface area contributed by atoms with E-state index in [0.29, 0.717) is 17.6 Å². The summed E-state index contributed by atoms with van der Waals surface area (Å²) in [5.41, 5.74) is 2.65. The lowest BCUT2D eigenvalue weighted by Crippen LogP contribution is -2.21. The molecule has 0 aromatic heterocycles. The van der Waals surface area contributed by atoms with Crippen LogP contribution in [0.15, 0.2) is 59.7 Å². The summed E-state index contributed by atoms with van der Waals surface area (Å²) in [6, 6.07) is 0. The van der Waals surface area contributed by atoms with Gasteiger partial charge >= 0.3 is 0 Å². The first-order chi connectivity index (χ1) is 12.3. The third-order valence-corrected chi connectivity index (χ3v) is 4.50. The van der Waals surface area contributed by atoms with Gasteiger partial charge in [0.25, 0.3) is 0 Å². The summed E-state index contributed by atoms with van der Waals surface area (Å²) >= 11 is 0. The Kier molecular flexibility index (Phi) is 8.64. The summed E-state index contributed by atoms with van der Waals surface area (Å²) in [6.45, 7) is 16.3.